The van der Waals surface area contributed by atoms with E-state index < -0.39 is 0 Å². The van der Waals surface area contributed by atoms with Crippen molar-refractivity contribution in [3.8, 4) is 0 Å². The summed E-state index contributed by atoms with van der Waals surface area (Å²) >= 11 is 3.40. The van der Waals surface area contributed by atoms with Crippen LogP contribution in [0.5, 0.6) is 0 Å². The minimum Gasteiger partial charge on any atom is -0.428 e. The summed E-state index contributed by atoms with van der Waals surface area (Å²) in [6.45, 7) is 4.02. The number of hydrogen-bond acceptors (Lipinski definition) is 1. The summed E-state index contributed by atoms with van der Waals surface area (Å²) in [5.41, 5.74) is 1.91. The summed E-state index contributed by atoms with van der Waals surface area (Å²) in [5, 5.41) is 9.33. The SMILES string of the molecule is CC/C(Br)=C\c1c(C)ccn1O. The van der Waals surface area contributed by atoms with Crippen LogP contribution >= 0.6 is 15.9 Å². The van der Waals surface area contributed by atoms with Crippen molar-refractivity contribution in [3.05, 3.63) is 28.0 Å². The molecule has 0 bridgehead atoms. The minimum absolute atomic E-state index is 0.837. The average molecular weight is 230 g/mol. The van der Waals surface area contributed by atoms with Gasteiger partial charge in [0, 0.05) is 6.20 Å². The summed E-state index contributed by atoms with van der Waals surface area (Å²) in [5.74, 6) is 0. The lowest BCUT2D eigenvalue weighted by Gasteiger charge is -1.98. The van der Waals surface area contributed by atoms with Gasteiger partial charge in [-0.25, -0.2) is 0 Å². The number of hydrogen-bond donors (Lipinski definition) is 1. The van der Waals surface area contributed by atoms with Crippen LogP contribution < -0.4 is 0 Å². The van der Waals surface area contributed by atoms with E-state index in [0.29, 0.717) is 0 Å². The third-order valence-electron chi connectivity index (χ3n) is 1.75. The van der Waals surface area contributed by atoms with Crippen molar-refractivity contribution in [2.45, 2.75) is 20.3 Å². The Morgan fingerprint density at radius 3 is 2.83 bits per heavy atom. The van der Waals surface area contributed by atoms with Crippen LogP contribution in [-0.4, -0.2) is 9.94 Å². The molecule has 0 saturated heterocycles. The summed E-state index contributed by atoms with van der Waals surface area (Å²) < 4.78 is 2.21. The molecule has 1 aromatic rings. The Labute approximate surface area is 80.6 Å². The fourth-order valence-electron chi connectivity index (χ4n) is 0.959. The van der Waals surface area contributed by atoms with Gasteiger partial charge in [0.05, 0.1) is 5.69 Å². The van der Waals surface area contributed by atoms with Crippen LogP contribution in [0.15, 0.2) is 16.7 Å². The lowest BCUT2D eigenvalue weighted by molar-refractivity contribution is 0.185. The Kier molecular flexibility index (Phi) is 2.98. The van der Waals surface area contributed by atoms with E-state index in [1.807, 2.05) is 19.1 Å². The minimum atomic E-state index is 0.837. The van der Waals surface area contributed by atoms with E-state index in [1.165, 1.54) is 0 Å². The third-order valence-corrected chi connectivity index (χ3v) is 2.54. The van der Waals surface area contributed by atoms with Gasteiger partial charge in [0.2, 0.25) is 0 Å². The van der Waals surface area contributed by atoms with Gasteiger partial charge in [-0.05, 0) is 35.5 Å². The fraction of sp³-hybridized carbons (Fsp3) is 0.333. The maximum absolute atomic E-state index is 9.33. The molecule has 1 N–H and O–H groups in total. The van der Waals surface area contributed by atoms with Crippen molar-refractivity contribution in [1.29, 1.82) is 0 Å². The fourth-order valence-corrected chi connectivity index (χ4v) is 1.18. The molecule has 0 spiro atoms. The van der Waals surface area contributed by atoms with Crippen LogP contribution in [0.3, 0.4) is 0 Å². The number of rotatable bonds is 2. The first-order valence-corrected chi connectivity index (χ1v) is 4.67. The van der Waals surface area contributed by atoms with Gasteiger partial charge in [-0.2, -0.15) is 4.73 Å². The Morgan fingerprint density at radius 2 is 2.42 bits per heavy atom. The summed E-state index contributed by atoms with van der Waals surface area (Å²) in [6.07, 6.45) is 4.50. The molecule has 0 fully saturated rings. The predicted octanol–water partition coefficient (Wildman–Crippen LogP) is 3.18. The summed E-state index contributed by atoms with van der Waals surface area (Å²) in [7, 11) is 0. The molecule has 2 nitrogen and oxygen atoms in total. The van der Waals surface area contributed by atoms with E-state index in [-0.39, 0.29) is 0 Å². The Hall–Kier alpha value is -0.700. The normalized spacial score (nSPS) is 12.1. The van der Waals surface area contributed by atoms with Crippen molar-refractivity contribution in [3.63, 3.8) is 0 Å². The second kappa shape index (κ2) is 3.81. The second-order valence-corrected chi connectivity index (χ2v) is 3.69. The Bertz CT molecular complexity index is 282. The van der Waals surface area contributed by atoms with E-state index >= 15 is 0 Å². The molecule has 0 radical (unpaired) electrons. The number of aromatic nitrogens is 1. The first-order chi connectivity index (χ1) is 5.65. The second-order valence-electron chi connectivity index (χ2n) is 2.67. The molecule has 0 amide bonds. The van der Waals surface area contributed by atoms with Gasteiger partial charge in [-0.15, -0.1) is 0 Å². The highest BCUT2D eigenvalue weighted by Crippen LogP contribution is 2.17. The first-order valence-electron chi connectivity index (χ1n) is 3.88. The zero-order chi connectivity index (χ0) is 9.14. The maximum atomic E-state index is 9.33. The van der Waals surface area contributed by atoms with Crippen molar-refractivity contribution in [1.82, 2.24) is 4.73 Å². The molecule has 1 rings (SSSR count). The van der Waals surface area contributed by atoms with E-state index in [1.54, 1.807) is 6.20 Å². The van der Waals surface area contributed by atoms with Gasteiger partial charge in [-0.3, -0.25) is 0 Å². The zero-order valence-corrected chi connectivity index (χ0v) is 8.80. The van der Waals surface area contributed by atoms with Crippen LogP contribution in [0, 0.1) is 6.92 Å². The van der Waals surface area contributed by atoms with E-state index in [4.69, 9.17) is 0 Å². The summed E-state index contributed by atoms with van der Waals surface area (Å²) in [6, 6.07) is 1.88. The number of allylic oxidation sites excluding steroid dienone is 1. The Balaban J connectivity index is 3.02. The van der Waals surface area contributed by atoms with Crippen LogP contribution in [0.2, 0.25) is 0 Å². The molecule has 0 unspecified atom stereocenters. The van der Waals surface area contributed by atoms with Gasteiger partial charge in [-0.1, -0.05) is 22.9 Å². The van der Waals surface area contributed by atoms with Crippen molar-refractivity contribution < 1.29 is 5.21 Å². The van der Waals surface area contributed by atoms with E-state index in [9.17, 15) is 5.21 Å². The molecule has 0 atom stereocenters. The van der Waals surface area contributed by atoms with Gasteiger partial charge >= 0.3 is 0 Å². The van der Waals surface area contributed by atoms with Crippen molar-refractivity contribution >= 4 is 22.0 Å². The summed E-state index contributed by atoms with van der Waals surface area (Å²) in [4.78, 5) is 0. The molecule has 0 aliphatic rings. The van der Waals surface area contributed by atoms with Crippen LogP contribution in [0.1, 0.15) is 24.6 Å². The maximum Gasteiger partial charge on any atom is 0.0830 e. The molecule has 0 aromatic carbocycles. The molecule has 66 valence electrons. The number of halogens is 1. The lowest BCUT2D eigenvalue weighted by Crippen LogP contribution is -1.91. The number of nitrogens with zero attached hydrogens (tertiary/aromatic N) is 1. The van der Waals surface area contributed by atoms with Gasteiger partial charge in [0.25, 0.3) is 0 Å². The molecule has 0 saturated carbocycles. The van der Waals surface area contributed by atoms with Gasteiger partial charge in [0.15, 0.2) is 0 Å². The van der Waals surface area contributed by atoms with Crippen LogP contribution in [-0.2, 0) is 0 Å². The van der Waals surface area contributed by atoms with Crippen LogP contribution in [0.25, 0.3) is 6.08 Å². The number of aryl methyl sites for hydroxylation is 1. The molecule has 0 aliphatic heterocycles. The quantitative estimate of drug-likeness (QED) is 0.775. The van der Waals surface area contributed by atoms with Crippen molar-refractivity contribution in [2.75, 3.05) is 0 Å². The highest BCUT2D eigenvalue weighted by Gasteiger charge is 2.01. The highest BCUT2D eigenvalue weighted by molar-refractivity contribution is 9.11. The molecular weight excluding hydrogens is 218 g/mol. The largest absolute Gasteiger partial charge is 0.428 e. The molecule has 1 aromatic heterocycles. The van der Waals surface area contributed by atoms with Gasteiger partial charge in [0.1, 0.15) is 0 Å². The topological polar surface area (TPSA) is 25.2 Å². The monoisotopic (exact) mass is 229 g/mol. The molecule has 12 heavy (non-hydrogen) atoms. The smallest absolute Gasteiger partial charge is 0.0830 e. The lowest BCUT2D eigenvalue weighted by atomic mass is 10.2. The zero-order valence-electron chi connectivity index (χ0n) is 7.21. The first kappa shape index (κ1) is 9.39. The van der Waals surface area contributed by atoms with Crippen molar-refractivity contribution in [2.24, 2.45) is 0 Å². The average Bonchev–Trinajstić information content (AvgIpc) is 2.35. The Morgan fingerprint density at radius 1 is 1.75 bits per heavy atom. The molecule has 3 heteroatoms. The van der Waals surface area contributed by atoms with E-state index in [2.05, 4.69) is 22.9 Å². The standard InChI is InChI=1S/C9H12BrNO/c1-3-8(10)6-9-7(2)4-5-11(9)12/h4-6,12H,3H2,1-2H3/b8-6+. The van der Waals surface area contributed by atoms with E-state index in [0.717, 1.165) is 26.9 Å². The van der Waals surface area contributed by atoms with Gasteiger partial charge < -0.3 is 5.21 Å². The third kappa shape index (κ3) is 1.91. The molecular formula is C9H12BrNO. The molecule has 1 heterocycles. The molecule has 0 aliphatic carbocycles. The highest BCUT2D eigenvalue weighted by atomic mass is 79.9. The van der Waals surface area contributed by atoms with Crippen LogP contribution in [0.4, 0.5) is 0 Å². The predicted molar refractivity (Wildman–Crippen MR) is 53.5 cm³/mol.